The highest BCUT2D eigenvalue weighted by Crippen LogP contribution is 2.33. The molecular weight excluding hydrogens is 326 g/mol. The van der Waals surface area contributed by atoms with Gasteiger partial charge in [-0.3, -0.25) is 4.90 Å². The summed E-state index contributed by atoms with van der Waals surface area (Å²) < 4.78 is 0.921. The van der Waals surface area contributed by atoms with Crippen LogP contribution < -0.4 is 0 Å². The van der Waals surface area contributed by atoms with Crippen LogP contribution >= 0.6 is 27.5 Å². The van der Waals surface area contributed by atoms with Crippen molar-refractivity contribution < 1.29 is 5.11 Å². The van der Waals surface area contributed by atoms with Gasteiger partial charge in [0.05, 0.1) is 5.02 Å². The quantitative estimate of drug-likeness (QED) is 0.832. The zero-order valence-electron chi connectivity index (χ0n) is 11.3. The highest BCUT2D eigenvalue weighted by Gasteiger charge is 2.21. The predicted octanol–water partition coefficient (Wildman–Crippen LogP) is 4.96. The molecule has 1 aliphatic carbocycles. The van der Waals surface area contributed by atoms with Crippen LogP contribution in [0.5, 0.6) is 5.75 Å². The van der Waals surface area contributed by atoms with Crippen molar-refractivity contribution in [3.63, 3.8) is 0 Å². The van der Waals surface area contributed by atoms with Gasteiger partial charge in [0.1, 0.15) is 5.75 Å². The molecule has 106 valence electrons. The van der Waals surface area contributed by atoms with E-state index >= 15 is 0 Å². The Morgan fingerprint density at radius 1 is 1.32 bits per heavy atom. The summed E-state index contributed by atoms with van der Waals surface area (Å²) in [5.74, 6) is 0.221. The standard InChI is InChI=1S/C15H21BrClNO/c1-2-18(13-6-4-3-5-7-13)10-11-8-12(16)9-14(17)15(11)19/h8-9,13,19H,2-7,10H2,1H3. The summed E-state index contributed by atoms with van der Waals surface area (Å²) in [4.78, 5) is 2.46. The minimum absolute atomic E-state index is 0.221. The molecule has 0 aliphatic heterocycles. The monoisotopic (exact) mass is 345 g/mol. The van der Waals surface area contributed by atoms with Crippen molar-refractivity contribution in [3.05, 3.63) is 27.2 Å². The third-order valence-electron chi connectivity index (χ3n) is 3.98. The first-order chi connectivity index (χ1) is 9.11. The summed E-state index contributed by atoms with van der Waals surface area (Å²) in [6, 6.07) is 4.35. The van der Waals surface area contributed by atoms with E-state index in [4.69, 9.17) is 11.6 Å². The van der Waals surface area contributed by atoms with E-state index in [1.54, 1.807) is 6.07 Å². The molecule has 0 heterocycles. The molecule has 1 N–H and O–H groups in total. The van der Waals surface area contributed by atoms with Crippen molar-refractivity contribution in [1.82, 2.24) is 4.90 Å². The number of phenolic OH excluding ortho intramolecular Hbond substituents is 1. The van der Waals surface area contributed by atoms with Crippen LogP contribution in [0.25, 0.3) is 0 Å². The molecular formula is C15H21BrClNO. The fraction of sp³-hybridized carbons (Fsp3) is 0.600. The fourth-order valence-corrected chi connectivity index (χ4v) is 3.78. The van der Waals surface area contributed by atoms with Crippen molar-refractivity contribution in [1.29, 1.82) is 0 Å². The van der Waals surface area contributed by atoms with E-state index in [0.717, 1.165) is 23.1 Å². The third-order valence-corrected chi connectivity index (χ3v) is 4.72. The van der Waals surface area contributed by atoms with Gasteiger partial charge in [0, 0.05) is 22.6 Å². The summed E-state index contributed by atoms with van der Waals surface area (Å²) in [7, 11) is 0. The van der Waals surface area contributed by atoms with E-state index in [9.17, 15) is 5.11 Å². The number of phenols is 1. The molecule has 0 bridgehead atoms. The van der Waals surface area contributed by atoms with Crippen LogP contribution in [0.15, 0.2) is 16.6 Å². The first-order valence-electron chi connectivity index (χ1n) is 7.02. The zero-order valence-corrected chi connectivity index (χ0v) is 13.7. The smallest absolute Gasteiger partial charge is 0.138 e. The normalized spacial score (nSPS) is 17.1. The molecule has 0 atom stereocenters. The number of hydrogen-bond acceptors (Lipinski definition) is 2. The summed E-state index contributed by atoms with van der Waals surface area (Å²) in [5, 5.41) is 10.5. The van der Waals surface area contributed by atoms with Crippen LogP contribution in [0.2, 0.25) is 5.02 Å². The number of aromatic hydroxyl groups is 1. The van der Waals surface area contributed by atoms with Gasteiger partial charge in [0.2, 0.25) is 0 Å². The molecule has 1 saturated carbocycles. The molecule has 0 spiro atoms. The van der Waals surface area contributed by atoms with Gasteiger partial charge in [-0.2, -0.15) is 0 Å². The maximum absolute atomic E-state index is 10.1. The van der Waals surface area contributed by atoms with Crippen molar-refractivity contribution >= 4 is 27.5 Å². The fourth-order valence-electron chi connectivity index (χ4n) is 2.90. The van der Waals surface area contributed by atoms with Gasteiger partial charge in [0.25, 0.3) is 0 Å². The Balaban J connectivity index is 2.13. The Labute approximate surface area is 128 Å². The van der Waals surface area contributed by atoms with Gasteiger partial charge in [-0.15, -0.1) is 0 Å². The first kappa shape index (κ1) is 15.1. The van der Waals surface area contributed by atoms with Crippen molar-refractivity contribution in [3.8, 4) is 5.75 Å². The molecule has 19 heavy (non-hydrogen) atoms. The Bertz CT molecular complexity index is 432. The number of hydrogen-bond donors (Lipinski definition) is 1. The lowest BCUT2D eigenvalue weighted by molar-refractivity contribution is 0.154. The van der Waals surface area contributed by atoms with Crippen LogP contribution in [-0.2, 0) is 6.54 Å². The lowest BCUT2D eigenvalue weighted by Crippen LogP contribution is -2.36. The van der Waals surface area contributed by atoms with Crippen LogP contribution in [0.3, 0.4) is 0 Å². The summed E-state index contributed by atoms with van der Waals surface area (Å²) in [5.41, 5.74) is 0.909. The zero-order chi connectivity index (χ0) is 13.8. The predicted molar refractivity (Wildman–Crippen MR) is 83.8 cm³/mol. The second-order valence-corrected chi connectivity index (χ2v) is 6.57. The molecule has 0 amide bonds. The van der Waals surface area contributed by atoms with E-state index in [-0.39, 0.29) is 5.75 Å². The lowest BCUT2D eigenvalue weighted by Gasteiger charge is -2.33. The lowest BCUT2D eigenvalue weighted by atomic mass is 9.94. The maximum Gasteiger partial charge on any atom is 0.138 e. The SMILES string of the molecule is CCN(Cc1cc(Br)cc(Cl)c1O)C1CCCCC1. The molecule has 0 saturated heterocycles. The van der Waals surface area contributed by atoms with Crippen LogP contribution in [-0.4, -0.2) is 22.6 Å². The van der Waals surface area contributed by atoms with Crippen LogP contribution in [0.4, 0.5) is 0 Å². The molecule has 1 aromatic rings. The van der Waals surface area contributed by atoms with Gasteiger partial charge in [-0.05, 0) is 31.5 Å². The molecule has 0 aromatic heterocycles. The van der Waals surface area contributed by atoms with Gasteiger partial charge in [0.15, 0.2) is 0 Å². The topological polar surface area (TPSA) is 23.5 Å². The van der Waals surface area contributed by atoms with E-state index in [0.29, 0.717) is 11.1 Å². The second-order valence-electron chi connectivity index (χ2n) is 5.25. The molecule has 0 unspecified atom stereocenters. The Morgan fingerprint density at radius 3 is 2.63 bits per heavy atom. The molecule has 2 rings (SSSR count). The minimum atomic E-state index is 0.221. The minimum Gasteiger partial charge on any atom is -0.506 e. The number of rotatable bonds is 4. The Morgan fingerprint density at radius 2 is 2.00 bits per heavy atom. The molecule has 1 aromatic carbocycles. The molecule has 1 aliphatic rings. The summed E-state index contributed by atoms with van der Waals surface area (Å²) in [6.07, 6.45) is 6.56. The van der Waals surface area contributed by atoms with Crippen molar-refractivity contribution in [2.24, 2.45) is 0 Å². The van der Waals surface area contributed by atoms with E-state index in [1.807, 2.05) is 6.07 Å². The number of halogens is 2. The molecule has 1 fully saturated rings. The van der Waals surface area contributed by atoms with E-state index in [1.165, 1.54) is 32.1 Å². The average molecular weight is 347 g/mol. The highest BCUT2D eigenvalue weighted by atomic mass is 79.9. The van der Waals surface area contributed by atoms with E-state index < -0.39 is 0 Å². The Kier molecular flexibility index (Phi) is 5.55. The van der Waals surface area contributed by atoms with Crippen molar-refractivity contribution in [2.75, 3.05) is 6.54 Å². The van der Waals surface area contributed by atoms with Crippen LogP contribution in [0.1, 0.15) is 44.6 Å². The van der Waals surface area contributed by atoms with Gasteiger partial charge in [-0.1, -0.05) is 53.7 Å². The van der Waals surface area contributed by atoms with Crippen LogP contribution in [0, 0.1) is 0 Å². The Hall–Kier alpha value is -0.250. The molecule has 4 heteroatoms. The third kappa shape index (κ3) is 3.87. The van der Waals surface area contributed by atoms with Gasteiger partial charge < -0.3 is 5.11 Å². The molecule has 0 radical (unpaired) electrons. The van der Waals surface area contributed by atoms with Gasteiger partial charge in [-0.25, -0.2) is 0 Å². The first-order valence-corrected chi connectivity index (χ1v) is 8.20. The largest absolute Gasteiger partial charge is 0.506 e. The summed E-state index contributed by atoms with van der Waals surface area (Å²) in [6.45, 7) is 3.96. The number of benzene rings is 1. The maximum atomic E-state index is 10.1. The summed E-state index contributed by atoms with van der Waals surface area (Å²) >= 11 is 9.47. The molecule has 2 nitrogen and oxygen atoms in total. The highest BCUT2D eigenvalue weighted by molar-refractivity contribution is 9.10. The average Bonchev–Trinajstić information content (AvgIpc) is 2.42. The number of nitrogens with zero attached hydrogens (tertiary/aromatic N) is 1. The van der Waals surface area contributed by atoms with Gasteiger partial charge >= 0.3 is 0 Å². The van der Waals surface area contributed by atoms with Crippen molar-refractivity contribution in [2.45, 2.75) is 51.6 Å². The van der Waals surface area contributed by atoms with E-state index in [2.05, 4.69) is 27.8 Å². The second kappa shape index (κ2) is 6.96.